The third-order valence-corrected chi connectivity index (χ3v) is 5.92. The molecule has 168 valence electrons. The van der Waals surface area contributed by atoms with Crippen LogP contribution in [0.4, 0.5) is 11.4 Å². The first-order valence-electron chi connectivity index (χ1n) is 10.5. The van der Waals surface area contributed by atoms with Gasteiger partial charge in [0.2, 0.25) is 5.91 Å². The van der Waals surface area contributed by atoms with Gasteiger partial charge in [-0.1, -0.05) is 23.7 Å². The summed E-state index contributed by atoms with van der Waals surface area (Å²) in [6.07, 6.45) is 0. The molecule has 1 fully saturated rings. The predicted octanol–water partition coefficient (Wildman–Crippen LogP) is 4.85. The molecule has 2 aromatic rings. The van der Waals surface area contributed by atoms with Gasteiger partial charge in [0.05, 0.1) is 43.6 Å². The van der Waals surface area contributed by atoms with Crippen molar-refractivity contribution in [1.82, 2.24) is 0 Å². The Morgan fingerprint density at radius 1 is 1.13 bits per heavy atom. The molecule has 1 heterocycles. The second kappa shape index (κ2) is 12.1. The van der Waals surface area contributed by atoms with Crippen molar-refractivity contribution in [1.29, 1.82) is 0 Å². The van der Waals surface area contributed by atoms with E-state index in [-0.39, 0.29) is 5.91 Å². The van der Waals surface area contributed by atoms with Crippen LogP contribution in [0.2, 0.25) is 5.02 Å². The van der Waals surface area contributed by atoms with E-state index in [1.54, 1.807) is 0 Å². The molecule has 1 saturated heterocycles. The molecule has 3 rings (SSSR count). The van der Waals surface area contributed by atoms with Crippen LogP contribution in [0.15, 0.2) is 36.4 Å². The molecule has 0 radical (unpaired) electrons. The zero-order valence-electron chi connectivity index (χ0n) is 18.0. The lowest BCUT2D eigenvalue weighted by Gasteiger charge is -2.31. The number of thioether (sulfide) groups is 1. The van der Waals surface area contributed by atoms with Crippen LogP contribution in [-0.4, -0.2) is 51.2 Å². The first-order valence-corrected chi connectivity index (χ1v) is 12.0. The number of hydrogen-bond donors (Lipinski definition) is 1. The number of nitrogens with one attached hydrogen (secondary N) is 1. The zero-order valence-corrected chi connectivity index (χ0v) is 19.6. The van der Waals surface area contributed by atoms with E-state index in [0.29, 0.717) is 54.4 Å². The highest BCUT2D eigenvalue weighted by Gasteiger charge is 2.20. The maximum Gasteiger partial charge on any atom is 0.234 e. The van der Waals surface area contributed by atoms with E-state index in [1.165, 1.54) is 11.8 Å². The molecule has 0 unspecified atom stereocenters. The van der Waals surface area contributed by atoms with Crippen LogP contribution in [-0.2, 0) is 15.3 Å². The maximum atomic E-state index is 12.6. The van der Waals surface area contributed by atoms with E-state index >= 15 is 0 Å². The molecule has 1 amide bonds. The van der Waals surface area contributed by atoms with Crippen LogP contribution in [0.3, 0.4) is 0 Å². The predicted molar refractivity (Wildman–Crippen MR) is 128 cm³/mol. The van der Waals surface area contributed by atoms with Crippen molar-refractivity contribution in [2.75, 3.05) is 55.5 Å². The van der Waals surface area contributed by atoms with E-state index in [9.17, 15) is 4.79 Å². The Hall–Kier alpha value is -2.09. The number of hydrogen-bond acceptors (Lipinski definition) is 6. The molecule has 6 nitrogen and oxygen atoms in total. The number of nitrogens with zero attached hydrogens (tertiary/aromatic N) is 1. The van der Waals surface area contributed by atoms with Gasteiger partial charge in [0.15, 0.2) is 0 Å². The van der Waals surface area contributed by atoms with Crippen molar-refractivity contribution in [2.24, 2.45) is 0 Å². The van der Waals surface area contributed by atoms with E-state index in [1.807, 2.05) is 50.2 Å². The van der Waals surface area contributed by atoms with Gasteiger partial charge >= 0.3 is 0 Å². The van der Waals surface area contributed by atoms with Crippen LogP contribution in [0, 0.1) is 0 Å². The Morgan fingerprint density at radius 2 is 1.87 bits per heavy atom. The van der Waals surface area contributed by atoms with E-state index < -0.39 is 0 Å². The number of carbonyl (C=O) groups excluding carboxylic acids is 1. The average molecular weight is 465 g/mol. The molecule has 31 heavy (non-hydrogen) atoms. The van der Waals surface area contributed by atoms with Crippen molar-refractivity contribution in [3.05, 3.63) is 47.0 Å². The highest BCUT2D eigenvalue weighted by molar-refractivity contribution is 7.99. The Labute approximate surface area is 193 Å². The average Bonchev–Trinajstić information content (AvgIpc) is 2.76. The quantitative estimate of drug-likeness (QED) is 0.542. The second-order valence-corrected chi connectivity index (χ2v) is 8.37. The van der Waals surface area contributed by atoms with Crippen LogP contribution >= 0.6 is 23.4 Å². The van der Waals surface area contributed by atoms with E-state index in [2.05, 4.69) is 10.2 Å². The normalized spacial score (nSPS) is 13.7. The summed E-state index contributed by atoms with van der Waals surface area (Å²) in [4.78, 5) is 14.8. The van der Waals surface area contributed by atoms with Crippen molar-refractivity contribution < 1.29 is 19.0 Å². The molecule has 1 aliphatic heterocycles. The fourth-order valence-electron chi connectivity index (χ4n) is 3.32. The lowest BCUT2D eigenvalue weighted by Crippen LogP contribution is -2.36. The molecular formula is C23H29ClN2O4S. The smallest absolute Gasteiger partial charge is 0.234 e. The molecule has 0 spiro atoms. The molecular weight excluding hydrogens is 436 g/mol. The molecule has 0 saturated carbocycles. The van der Waals surface area contributed by atoms with Gasteiger partial charge in [0.25, 0.3) is 0 Å². The summed E-state index contributed by atoms with van der Waals surface area (Å²) in [6, 6.07) is 11.5. The van der Waals surface area contributed by atoms with Crippen LogP contribution in [0.25, 0.3) is 0 Å². The molecule has 0 atom stereocenters. The highest BCUT2D eigenvalue weighted by Crippen LogP contribution is 2.39. The number of ether oxygens (including phenoxy) is 3. The first-order chi connectivity index (χ1) is 15.1. The Morgan fingerprint density at radius 3 is 2.58 bits per heavy atom. The van der Waals surface area contributed by atoms with Crippen LogP contribution in [0.1, 0.15) is 19.4 Å². The fourth-order valence-corrected chi connectivity index (χ4v) is 4.31. The van der Waals surface area contributed by atoms with E-state index in [4.69, 9.17) is 25.8 Å². The molecule has 2 aromatic carbocycles. The Balaban J connectivity index is 1.70. The summed E-state index contributed by atoms with van der Waals surface area (Å²) in [5.41, 5.74) is 2.67. The molecule has 0 aliphatic carbocycles. The van der Waals surface area contributed by atoms with Gasteiger partial charge in [-0.2, -0.15) is 0 Å². The zero-order chi connectivity index (χ0) is 22.1. The molecule has 1 N–H and O–H groups in total. The van der Waals surface area contributed by atoms with Crippen molar-refractivity contribution in [3.8, 4) is 11.5 Å². The van der Waals surface area contributed by atoms with Crippen LogP contribution in [0.5, 0.6) is 11.5 Å². The number of anilines is 2. The molecule has 8 heteroatoms. The second-order valence-electron chi connectivity index (χ2n) is 6.95. The lowest BCUT2D eigenvalue weighted by atomic mass is 10.2. The van der Waals surface area contributed by atoms with E-state index in [0.717, 1.165) is 30.1 Å². The number of carbonyl (C=O) groups is 1. The summed E-state index contributed by atoms with van der Waals surface area (Å²) >= 11 is 7.56. The summed E-state index contributed by atoms with van der Waals surface area (Å²) in [6.45, 7) is 7.85. The number of amides is 1. The minimum absolute atomic E-state index is 0.0884. The molecule has 0 bridgehead atoms. The topological polar surface area (TPSA) is 60.0 Å². The standard InChI is InChI=1S/C23H29ClN2O4S/c1-3-29-21-14-20(26-8-10-28-11-9-26)22(30-4-2)13-19(21)25-23(27)16-31-15-17-6-5-7-18(24)12-17/h5-7,12-14H,3-4,8-11,15-16H2,1-2H3,(H,25,27). The maximum absolute atomic E-state index is 12.6. The third kappa shape index (κ3) is 6.95. The van der Waals surface area contributed by atoms with Gasteiger partial charge in [-0.15, -0.1) is 11.8 Å². The number of benzene rings is 2. The van der Waals surface area contributed by atoms with Crippen molar-refractivity contribution in [3.63, 3.8) is 0 Å². The van der Waals surface area contributed by atoms with Gasteiger partial charge in [-0.25, -0.2) is 0 Å². The van der Waals surface area contributed by atoms with Crippen LogP contribution < -0.4 is 19.7 Å². The number of morpholine rings is 1. The van der Waals surface area contributed by atoms with Crippen molar-refractivity contribution in [2.45, 2.75) is 19.6 Å². The lowest BCUT2D eigenvalue weighted by molar-refractivity contribution is -0.113. The van der Waals surface area contributed by atoms with Crippen molar-refractivity contribution >= 4 is 40.6 Å². The highest BCUT2D eigenvalue weighted by atomic mass is 35.5. The van der Waals surface area contributed by atoms with Gasteiger partial charge in [0.1, 0.15) is 11.5 Å². The molecule has 0 aromatic heterocycles. The largest absolute Gasteiger partial charge is 0.492 e. The van der Waals surface area contributed by atoms with Gasteiger partial charge in [0, 0.05) is 36.0 Å². The Bertz CT molecular complexity index is 875. The number of rotatable bonds is 10. The van der Waals surface area contributed by atoms with Gasteiger partial charge in [-0.05, 0) is 31.5 Å². The molecule has 1 aliphatic rings. The third-order valence-electron chi connectivity index (χ3n) is 4.68. The summed E-state index contributed by atoms with van der Waals surface area (Å²) < 4.78 is 17.2. The summed E-state index contributed by atoms with van der Waals surface area (Å²) in [5.74, 6) is 2.32. The first kappa shape index (κ1) is 23.6. The minimum Gasteiger partial charge on any atom is -0.492 e. The number of halogens is 1. The summed E-state index contributed by atoms with van der Waals surface area (Å²) in [7, 11) is 0. The Kier molecular flexibility index (Phi) is 9.18. The SMILES string of the molecule is CCOc1cc(N2CCOCC2)c(OCC)cc1NC(=O)CSCc1cccc(Cl)c1. The monoisotopic (exact) mass is 464 g/mol. The fraction of sp³-hybridized carbons (Fsp3) is 0.435. The van der Waals surface area contributed by atoms with Gasteiger partial charge in [-0.3, -0.25) is 4.79 Å². The summed E-state index contributed by atoms with van der Waals surface area (Å²) in [5, 5.41) is 3.69. The van der Waals surface area contributed by atoms with Gasteiger partial charge < -0.3 is 24.4 Å². The minimum atomic E-state index is -0.0884.